The van der Waals surface area contributed by atoms with Crippen molar-refractivity contribution in [3.63, 3.8) is 0 Å². The van der Waals surface area contributed by atoms with E-state index in [0.29, 0.717) is 13.0 Å². The van der Waals surface area contributed by atoms with Crippen LogP contribution < -0.4 is 15.8 Å². The Bertz CT molecular complexity index is 355. The first-order valence-electron chi connectivity index (χ1n) is 5.84. The average Bonchev–Trinajstić information content (AvgIpc) is 2.31. The SMILES string of the molecule is CCOc1cccnc1NCCCCC(N)=O. The molecule has 1 rings (SSSR count). The number of aromatic nitrogens is 1. The topological polar surface area (TPSA) is 77.2 Å². The molecule has 5 nitrogen and oxygen atoms in total. The van der Waals surface area contributed by atoms with Crippen molar-refractivity contribution in [1.29, 1.82) is 0 Å². The van der Waals surface area contributed by atoms with Gasteiger partial charge in [0.2, 0.25) is 5.91 Å². The smallest absolute Gasteiger partial charge is 0.217 e. The van der Waals surface area contributed by atoms with Crippen LogP contribution in [-0.2, 0) is 4.79 Å². The number of hydrogen-bond acceptors (Lipinski definition) is 4. The lowest BCUT2D eigenvalue weighted by molar-refractivity contribution is -0.118. The number of anilines is 1. The van der Waals surface area contributed by atoms with Gasteiger partial charge in [0.15, 0.2) is 11.6 Å². The normalized spacial score (nSPS) is 9.94. The van der Waals surface area contributed by atoms with Crippen molar-refractivity contribution in [3.05, 3.63) is 18.3 Å². The van der Waals surface area contributed by atoms with Crippen LogP contribution in [0.5, 0.6) is 5.75 Å². The molecule has 0 bridgehead atoms. The molecule has 1 heterocycles. The Kier molecular flexibility index (Phi) is 5.85. The van der Waals surface area contributed by atoms with Gasteiger partial charge in [-0.1, -0.05) is 0 Å². The first kappa shape index (κ1) is 13.3. The van der Waals surface area contributed by atoms with Crippen LogP contribution in [0.3, 0.4) is 0 Å². The Morgan fingerprint density at radius 3 is 3.06 bits per heavy atom. The number of amides is 1. The molecule has 0 aliphatic heterocycles. The van der Waals surface area contributed by atoms with E-state index in [1.165, 1.54) is 0 Å². The van der Waals surface area contributed by atoms with E-state index in [2.05, 4.69) is 10.3 Å². The van der Waals surface area contributed by atoms with Gasteiger partial charge in [0.25, 0.3) is 0 Å². The third-order valence-electron chi connectivity index (χ3n) is 2.21. The van der Waals surface area contributed by atoms with E-state index in [0.717, 1.165) is 31.0 Å². The number of ether oxygens (including phenoxy) is 1. The molecule has 0 aliphatic carbocycles. The van der Waals surface area contributed by atoms with Gasteiger partial charge in [-0.2, -0.15) is 0 Å². The zero-order chi connectivity index (χ0) is 12.5. The van der Waals surface area contributed by atoms with E-state index < -0.39 is 0 Å². The van der Waals surface area contributed by atoms with E-state index in [-0.39, 0.29) is 5.91 Å². The summed E-state index contributed by atoms with van der Waals surface area (Å²) in [4.78, 5) is 14.7. The Hall–Kier alpha value is -1.78. The molecule has 0 spiro atoms. The van der Waals surface area contributed by atoms with Crippen molar-refractivity contribution in [1.82, 2.24) is 4.98 Å². The third-order valence-corrected chi connectivity index (χ3v) is 2.21. The second kappa shape index (κ2) is 7.49. The van der Waals surface area contributed by atoms with Gasteiger partial charge in [-0.3, -0.25) is 4.79 Å². The Balaban J connectivity index is 2.33. The minimum atomic E-state index is -0.252. The lowest BCUT2D eigenvalue weighted by Crippen LogP contribution is -2.11. The fourth-order valence-electron chi connectivity index (χ4n) is 1.43. The van der Waals surface area contributed by atoms with Gasteiger partial charge < -0.3 is 15.8 Å². The van der Waals surface area contributed by atoms with E-state index >= 15 is 0 Å². The van der Waals surface area contributed by atoms with Crippen LogP contribution in [-0.4, -0.2) is 24.0 Å². The van der Waals surface area contributed by atoms with E-state index in [1.807, 2.05) is 19.1 Å². The van der Waals surface area contributed by atoms with E-state index in [4.69, 9.17) is 10.5 Å². The lowest BCUT2D eigenvalue weighted by Gasteiger charge is -2.10. The third kappa shape index (κ3) is 5.19. The molecule has 0 saturated carbocycles. The maximum atomic E-state index is 10.5. The van der Waals surface area contributed by atoms with Crippen LogP contribution in [0.25, 0.3) is 0 Å². The molecular weight excluding hydrogens is 218 g/mol. The Labute approximate surface area is 101 Å². The minimum Gasteiger partial charge on any atom is -0.490 e. The molecule has 0 fully saturated rings. The number of unbranched alkanes of at least 4 members (excludes halogenated alkanes) is 1. The summed E-state index contributed by atoms with van der Waals surface area (Å²) in [5.41, 5.74) is 5.06. The van der Waals surface area contributed by atoms with Gasteiger partial charge >= 0.3 is 0 Å². The number of nitrogens with two attached hydrogens (primary N) is 1. The minimum absolute atomic E-state index is 0.252. The number of rotatable bonds is 8. The number of primary amides is 1. The van der Waals surface area contributed by atoms with Crippen molar-refractivity contribution in [2.45, 2.75) is 26.2 Å². The lowest BCUT2D eigenvalue weighted by atomic mass is 10.2. The summed E-state index contributed by atoms with van der Waals surface area (Å²) < 4.78 is 5.43. The molecule has 0 atom stereocenters. The summed E-state index contributed by atoms with van der Waals surface area (Å²) in [6, 6.07) is 3.71. The molecule has 17 heavy (non-hydrogen) atoms. The maximum absolute atomic E-state index is 10.5. The quantitative estimate of drug-likeness (QED) is 0.672. The fraction of sp³-hybridized carbons (Fsp3) is 0.500. The zero-order valence-electron chi connectivity index (χ0n) is 10.1. The Morgan fingerprint density at radius 2 is 2.35 bits per heavy atom. The summed E-state index contributed by atoms with van der Waals surface area (Å²) in [6.45, 7) is 3.30. The zero-order valence-corrected chi connectivity index (χ0v) is 10.1. The molecule has 0 unspecified atom stereocenters. The average molecular weight is 237 g/mol. The fourth-order valence-corrected chi connectivity index (χ4v) is 1.43. The van der Waals surface area contributed by atoms with Crippen LogP contribution in [0.2, 0.25) is 0 Å². The summed E-state index contributed by atoms with van der Waals surface area (Å²) in [5.74, 6) is 1.25. The van der Waals surface area contributed by atoms with Crippen LogP contribution in [0, 0.1) is 0 Å². The molecular formula is C12H19N3O2. The molecule has 1 aromatic heterocycles. The van der Waals surface area contributed by atoms with Gasteiger partial charge in [0.1, 0.15) is 0 Å². The predicted molar refractivity (Wildman–Crippen MR) is 66.9 cm³/mol. The van der Waals surface area contributed by atoms with Crippen molar-refractivity contribution in [2.24, 2.45) is 5.73 Å². The largest absolute Gasteiger partial charge is 0.490 e. The monoisotopic (exact) mass is 237 g/mol. The molecule has 5 heteroatoms. The van der Waals surface area contributed by atoms with Gasteiger partial charge in [-0.05, 0) is 31.9 Å². The predicted octanol–water partition coefficient (Wildman–Crippen LogP) is 1.55. The highest BCUT2D eigenvalue weighted by atomic mass is 16.5. The summed E-state index contributed by atoms with van der Waals surface area (Å²) in [5, 5.41) is 3.18. The van der Waals surface area contributed by atoms with Crippen LogP contribution in [0.4, 0.5) is 5.82 Å². The van der Waals surface area contributed by atoms with E-state index in [9.17, 15) is 4.79 Å². The highest BCUT2D eigenvalue weighted by molar-refractivity contribution is 5.73. The van der Waals surface area contributed by atoms with Gasteiger partial charge in [-0.25, -0.2) is 4.98 Å². The standard InChI is InChI=1S/C12H19N3O2/c1-2-17-10-6-5-9-15-12(10)14-8-4-3-7-11(13)16/h5-6,9H,2-4,7-8H2,1H3,(H2,13,16)(H,14,15). The molecule has 0 aliphatic rings. The van der Waals surface area contributed by atoms with Crippen molar-refractivity contribution in [2.75, 3.05) is 18.5 Å². The molecule has 1 amide bonds. The molecule has 0 saturated heterocycles. The second-order valence-electron chi connectivity index (χ2n) is 3.63. The first-order chi connectivity index (χ1) is 8.24. The van der Waals surface area contributed by atoms with Gasteiger partial charge in [0.05, 0.1) is 6.61 Å². The van der Waals surface area contributed by atoms with Gasteiger partial charge in [-0.15, -0.1) is 0 Å². The molecule has 0 radical (unpaired) electrons. The molecule has 0 aromatic carbocycles. The van der Waals surface area contributed by atoms with E-state index in [1.54, 1.807) is 6.20 Å². The first-order valence-corrected chi connectivity index (χ1v) is 5.84. The number of carbonyl (C=O) groups excluding carboxylic acids is 1. The number of nitrogens with zero attached hydrogens (tertiary/aromatic N) is 1. The van der Waals surface area contributed by atoms with Crippen LogP contribution >= 0.6 is 0 Å². The van der Waals surface area contributed by atoms with Gasteiger partial charge in [0, 0.05) is 19.2 Å². The number of hydrogen-bond donors (Lipinski definition) is 2. The molecule has 3 N–H and O–H groups in total. The maximum Gasteiger partial charge on any atom is 0.217 e. The van der Waals surface area contributed by atoms with Crippen molar-refractivity contribution < 1.29 is 9.53 Å². The number of nitrogens with one attached hydrogen (secondary N) is 1. The molecule has 1 aromatic rings. The van der Waals surface area contributed by atoms with Crippen molar-refractivity contribution >= 4 is 11.7 Å². The summed E-state index contributed by atoms with van der Waals surface area (Å²) in [7, 11) is 0. The second-order valence-corrected chi connectivity index (χ2v) is 3.63. The summed E-state index contributed by atoms with van der Waals surface area (Å²) in [6.07, 6.45) is 3.82. The summed E-state index contributed by atoms with van der Waals surface area (Å²) >= 11 is 0. The highest BCUT2D eigenvalue weighted by Crippen LogP contribution is 2.20. The number of pyridine rings is 1. The molecule has 94 valence electrons. The number of carbonyl (C=O) groups is 1. The Morgan fingerprint density at radius 1 is 1.53 bits per heavy atom. The van der Waals surface area contributed by atoms with Crippen molar-refractivity contribution in [3.8, 4) is 5.75 Å². The highest BCUT2D eigenvalue weighted by Gasteiger charge is 2.02. The van der Waals surface area contributed by atoms with Crippen LogP contribution in [0.15, 0.2) is 18.3 Å². The van der Waals surface area contributed by atoms with Crippen LogP contribution in [0.1, 0.15) is 26.2 Å².